The van der Waals surface area contributed by atoms with Crippen LogP contribution >= 0.6 is 0 Å². The summed E-state index contributed by atoms with van der Waals surface area (Å²) < 4.78 is 0. The third-order valence-corrected chi connectivity index (χ3v) is 24.5. The molecular formula is C125H83N13. The second-order valence-corrected chi connectivity index (χ2v) is 33.4. The molecule has 0 bridgehead atoms. The largest absolute Gasteiger partial charge is 0.265 e. The molecule has 0 fully saturated rings. The van der Waals surface area contributed by atoms with Crippen molar-refractivity contribution in [2.45, 2.75) is 0 Å². The van der Waals surface area contributed by atoms with Crippen LogP contribution in [0.25, 0.3) is 235 Å². The normalized spacial score (nSPS) is 11.0. The van der Waals surface area contributed by atoms with Crippen molar-refractivity contribution in [2.24, 2.45) is 0 Å². The molecule has 24 aromatic rings. The Bertz CT molecular complexity index is 7790. The zero-order valence-corrected chi connectivity index (χ0v) is 74.7. The summed E-state index contributed by atoms with van der Waals surface area (Å²) in [6.45, 7) is 0. The molecule has 24 rings (SSSR count). The maximum atomic E-state index is 5.15. The third kappa shape index (κ3) is 18.9. The quantitative estimate of drug-likeness (QED) is 0.0797. The fourth-order valence-corrected chi connectivity index (χ4v) is 17.4. The van der Waals surface area contributed by atoms with Gasteiger partial charge in [0.25, 0.3) is 0 Å². The van der Waals surface area contributed by atoms with Gasteiger partial charge in [-0.25, -0.2) is 29.9 Å². The predicted molar refractivity (Wildman–Crippen MR) is 561 cm³/mol. The van der Waals surface area contributed by atoms with E-state index < -0.39 is 0 Å². The molecule has 0 unspecified atom stereocenters. The van der Waals surface area contributed by atoms with Gasteiger partial charge in [0, 0.05) is 132 Å². The zero-order chi connectivity index (χ0) is 92.1. The molecule has 10 aromatic heterocycles. The molecular weight excluding hydrogens is 1680 g/mol. The maximum absolute atomic E-state index is 5.15. The van der Waals surface area contributed by atoms with Crippen LogP contribution in [-0.2, 0) is 0 Å². The topological polar surface area (TPSA) is 168 Å². The van der Waals surface area contributed by atoms with E-state index in [1.54, 1.807) is 0 Å². The smallest absolute Gasteiger partial charge is 0.179 e. The van der Waals surface area contributed by atoms with Gasteiger partial charge in [-0.2, -0.15) is 0 Å². The van der Waals surface area contributed by atoms with Gasteiger partial charge >= 0.3 is 0 Å². The van der Waals surface area contributed by atoms with E-state index in [0.29, 0.717) is 17.5 Å². The molecule has 0 aliphatic rings. The van der Waals surface area contributed by atoms with Crippen LogP contribution in [0.2, 0.25) is 0 Å². The minimum Gasteiger partial charge on any atom is -0.265 e. The van der Waals surface area contributed by atoms with Crippen LogP contribution in [0.15, 0.2) is 505 Å². The molecule has 138 heavy (non-hydrogen) atoms. The van der Waals surface area contributed by atoms with E-state index >= 15 is 0 Å². The SMILES string of the molecule is c1ccc(-c2ccc(-c3nc(-c4ccc(-c5ccncc5)cc4)cc(-c4ccc(-c5cnc6ccccc6c5)cc4)n3)nc2)cc1.c1ccc(-c2cccc(-c3cc(-c4ccc(-c5cccc6ncccc56)cc4)nc(-c4cccc(-c5ccccc5)c4)n3)c2)cc1.c1ccc(-c2cccc(-c3cc(-c4ccc(-c5cccc6ncccc56)cc4)nc(-c4cccc(-c5ccccn5)c4)n3)c2)nc1. The molecule has 0 amide bonds. The van der Waals surface area contributed by atoms with Crippen LogP contribution in [0.3, 0.4) is 0 Å². The Kier molecular flexibility index (Phi) is 24.1. The highest BCUT2D eigenvalue weighted by atomic mass is 14.9. The lowest BCUT2D eigenvalue weighted by Crippen LogP contribution is -1.97. The summed E-state index contributed by atoms with van der Waals surface area (Å²) in [5.41, 5.74) is 36.4. The molecule has 0 atom stereocenters. The zero-order valence-electron chi connectivity index (χ0n) is 74.7. The second kappa shape index (κ2) is 39.3. The van der Waals surface area contributed by atoms with E-state index in [4.69, 9.17) is 34.9 Å². The third-order valence-electron chi connectivity index (χ3n) is 24.5. The van der Waals surface area contributed by atoms with Gasteiger partial charge in [0.2, 0.25) is 0 Å². The van der Waals surface area contributed by atoms with Crippen LogP contribution < -0.4 is 0 Å². The molecule has 14 aromatic carbocycles. The Hall–Kier alpha value is -18.9. The number of aromatic nitrogens is 13. The summed E-state index contributed by atoms with van der Waals surface area (Å²) in [6, 6.07) is 156. The average Bonchev–Trinajstić information content (AvgIpc) is 0.791. The highest BCUT2D eigenvalue weighted by Gasteiger charge is 2.20. The van der Waals surface area contributed by atoms with Crippen molar-refractivity contribution in [1.82, 2.24) is 64.8 Å². The molecule has 10 heterocycles. The first-order chi connectivity index (χ1) is 68.3. The fraction of sp³-hybridized carbons (Fsp3) is 0. The van der Waals surface area contributed by atoms with Gasteiger partial charge in [0.15, 0.2) is 17.5 Å². The van der Waals surface area contributed by atoms with Gasteiger partial charge in [-0.15, -0.1) is 0 Å². The summed E-state index contributed by atoms with van der Waals surface area (Å²) in [5.74, 6) is 1.92. The van der Waals surface area contributed by atoms with Crippen molar-refractivity contribution in [2.75, 3.05) is 0 Å². The maximum Gasteiger partial charge on any atom is 0.179 e. The van der Waals surface area contributed by atoms with Crippen LogP contribution in [0.5, 0.6) is 0 Å². The van der Waals surface area contributed by atoms with Gasteiger partial charge < -0.3 is 0 Å². The first-order valence-corrected chi connectivity index (χ1v) is 45.7. The summed E-state index contributed by atoms with van der Waals surface area (Å²) in [7, 11) is 0. The molecule has 13 heteroatoms. The van der Waals surface area contributed by atoms with Crippen molar-refractivity contribution in [1.29, 1.82) is 0 Å². The van der Waals surface area contributed by atoms with Crippen LogP contribution in [0.4, 0.5) is 0 Å². The standard InChI is InChI=1S/C43H29N3.2C41H27N5/c1-3-11-30(12-4-1)34-15-7-17-36(27-34)42-29-41(45-43(46-42)37-18-8-16-35(28-37)31-13-5-2-6-14-31)33-24-22-32(23-25-33)38-19-9-21-40-39(38)20-10-26-44-40;1-3-22-42-36(15-1)30-9-5-11-32(25-30)40-27-39(45-41(46-40)33-12-6-10-31(26-33)37-16-2-4-23-43-37)29-20-18-28(19-21-29)34-13-7-17-38-35(34)14-8-24-44-38;1-2-6-28(7-3-1)35-18-19-38(44-26-35)41-45-39(32-14-10-29(11-15-32)31-20-22-42-23-21-31)25-40(46-41)33-16-12-30(13-17-33)36-24-34-8-4-5-9-37(34)43-27-36/h1-29H;2*1-27H. The molecule has 0 aliphatic heterocycles. The van der Waals surface area contributed by atoms with Crippen LogP contribution in [0.1, 0.15) is 0 Å². The minimum atomic E-state index is 0.577. The summed E-state index contributed by atoms with van der Waals surface area (Å²) in [6.07, 6.45) is 14.7. The van der Waals surface area contributed by atoms with E-state index in [1.807, 2.05) is 177 Å². The van der Waals surface area contributed by atoms with Crippen molar-refractivity contribution >= 4 is 32.7 Å². The average molecular weight is 1770 g/mol. The Balaban J connectivity index is 0.000000119. The number of para-hydroxylation sites is 1. The summed E-state index contributed by atoms with van der Waals surface area (Å²) >= 11 is 0. The number of fused-ring (bicyclic) bond motifs is 3. The van der Waals surface area contributed by atoms with E-state index in [0.717, 1.165) is 212 Å². The summed E-state index contributed by atoms with van der Waals surface area (Å²) in [5, 5.41) is 3.39. The van der Waals surface area contributed by atoms with Gasteiger partial charge in [-0.05, 0) is 188 Å². The van der Waals surface area contributed by atoms with Crippen molar-refractivity contribution < 1.29 is 0 Å². The van der Waals surface area contributed by atoms with Crippen molar-refractivity contribution in [3.8, 4) is 202 Å². The number of hydrogen-bond acceptors (Lipinski definition) is 13. The van der Waals surface area contributed by atoms with Crippen LogP contribution in [0, 0.1) is 0 Å². The lowest BCUT2D eigenvalue weighted by molar-refractivity contribution is 1.15. The van der Waals surface area contributed by atoms with Crippen molar-refractivity contribution in [3.63, 3.8) is 0 Å². The predicted octanol–water partition coefficient (Wildman–Crippen LogP) is 30.7. The highest BCUT2D eigenvalue weighted by molar-refractivity contribution is 5.97. The minimum absolute atomic E-state index is 0.577. The van der Waals surface area contributed by atoms with Gasteiger partial charge in [0.1, 0.15) is 5.69 Å². The van der Waals surface area contributed by atoms with E-state index in [9.17, 15) is 0 Å². The van der Waals surface area contributed by atoms with Crippen molar-refractivity contribution in [3.05, 3.63) is 505 Å². The Morgan fingerprint density at radius 3 is 0.906 bits per heavy atom. The number of benzene rings is 14. The molecule has 13 nitrogen and oxygen atoms in total. The van der Waals surface area contributed by atoms with E-state index in [-0.39, 0.29) is 0 Å². The Labute approximate surface area is 798 Å². The molecule has 0 aliphatic carbocycles. The molecule has 0 radical (unpaired) electrons. The molecule has 0 saturated carbocycles. The van der Waals surface area contributed by atoms with E-state index in [1.165, 1.54) is 5.56 Å². The lowest BCUT2D eigenvalue weighted by Gasteiger charge is -2.12. The second-order valence-electron chi connectivity index (χ2n) is 33.4. The Morgan fingerprint density at radius 1 is 0.130 bits per heavy atom. The molecule has 648 valence electrons. The Morgan fingerprint density at radius 2 is 0.449 bits per heavy atom. The number of rotatable bonds is 18. The number of hydrogen-bond donors (Lipinski definition) is 0. The lowest BCUT2D eigenvalue weighted by atomic mass is 9.98. The molecule has 0 saturated heterocycles. The number of pyridine rings is 7. The van der Waals surface area contributed by atoms with Gasteiger partial charge in [0.05, 0.1) is 62.1 Å². The van der Waals surface area contributed by atoms with Gasteiger partial charge in [-0.3, -0.25) is 34.9 Å². The first kappa shape index (κ1) is 84.7. The van der Waals surface area contributed by atoms with Crippen LogP contribution in [-0.4, -0.2) is 64.8 Å². The number of nitrogens with zero attached hydrogens (tertiary/aromatic N) is 13. The first-order valence-electron chi connectivity index (χ1n) is 45.7. The molecule has 0 spiro atoms. The van der Waals surface area contributed by atoms with E-state index in [2.05, 4.69) is 357 Å². The summed E-state index contributed by atoms with van der Waals surface area (Å²) in [4.78, 5) is 62.3. The van der Waals surface area contributed by atoms with Gasteiger partial charge in [-0.1, -0.05) is 334 Å². The monoisotopic (exact) mass is 1770 g/mol. The molecule has 0 N–H and O–H groups in total. The highest BCUT2D eigenvalue weighted by Crippen LogP contribution is 2.40. The fourth-order valence-electron chi connectivity index (χ4n) is 17.4.